The zero-order valence-electron chi connectivity index (χ0n) is 17.8. The lowest BCUT2D eigenvalue weighted by atomic mass is 10.2. The molecule has 0 amide bonds. The second-order valence-electron chi connectivity index (χ2n) is 8.44. The molecule has 0 spiro atoms. The van der Waals surface area contributed by atoms with Gasteiger partial charge >= 0.3 is 0 Å². The molecule has 1 saturated heterocycles. The summed E-state index contributed by atoms with van der Waals surface area (Å²) in [4.78, 5) is 6.34. The van der Waals surface area contributed by atoms with Crippen molar-refractivity contribution in [3.63, 3.8) is 0 Å². The molecule has 0 radical (unpaired) electrons. The Bertz CT molecular complexity index is 1090. The number of hydrogen-bond donors (Lipinski definition) is 0. The monoisotopic (exact) mass is 461 g/mol. The molecule has 166 valence electrons. The van der Waals surface area contributed by atoms with E-state index >= 15 is 0 Å². The summed E-state index contributed by atoms with van der Waals surface area (Å²) in [5.74, 6) is 1.62. The van der Waals surface area contributed by atoms with Crippen molar-refractivity contribution < 1.29 is 17.9 Å². The van der Waals surface area contributed by atoms with Gasteiger partial charge in [-0.3, -0.25) is 0 Å². The highest BCUT2D eigenvalue weighted by atomic mass is 32.2. The van der Waals surface area contributed by atoms with Gasteiger partial charge in [0.2, 0.25) is 0 Å². The molecular weight excluding hydrogens is 434 g/mol. The molecule has 1 aliphatic carbocycles. The average molecular weight is 462 g/mol. The summed E-state index contributed by atoms with van der Waals surface area (Å²) in [6, 6.07) is 7.81. The van der Waals surface area contributed by atoms with Crippen molar-refractivity contribution in [3.05, 3.63) is 36.0 Å². The van der Waals surface area contributed by atoms with Gasteiger partial charge in [-0.2, -0.15) is 0 Å². The number of aryl methyl sites for hydroxylation is 1. The van der Waals surface area contributed by atoms with Crippen molar-refractivity contribution in [1.82, 2.24) is 9.29 Å². The van der Waals surface area contributed by atoms with Crippen LogP contribution in [0.3, 0.4) is 0 Å². The van der Waals surface area contributed by atoms with Gasteiger partial charge in [0.1, 0.15) is 24.2 Å². The Morgan fingerprint density at radius 3 is 2.77 bits per heavy atom. The molecule has 5 rings (SSSR count). The van der Waals surface area contributed by atoms with Crippen LogP contribution < -0.4 is 14.4 Å². The molecular formula is C22H27N3O4S2. The summed E-state index contributed by atoms with van der Waals surface area (Å²) in [6.07, 6.45) is 6.71. The third-order valence-electron chi connectivity index (χ3n) is 5.71. The quantitative estimate of drug-likeness (QED) is 0.605. The van der Waals surface area contributed by atoms with E-state index in [4.69, 9.17) is 9.47 Å². The van der Waals surface area contributed by atoms with Crippen molar-refractivity contribution in [2.75, 3.05) is 37.4 Å². The number of sulfone groups is 1. The Balaban J connectivity index is 1.35. The maximum absolute atomic E-state index is 11.9. The molecule has 2 aliphatic heterocycles. The van der Waals surface area contributed by atoms with Crippen molar-refractivity contribution in [3.8, 4) is 11.5 Å². The number of rotatable bonds is 6. The molecule has 1 aromatic heterocycles. The van der Waals surface area contributed by atoms with Crippen LogP contribution in [0.15, 0.2) is 35.5 Å². The van der Waals surface area contributed by atoms with Crippen LogP contribution in [0.4, 0.5) is 11.4 Å². The Morgan fingerprint density at radius 2 is 2.03 bits per heavy atom. The fourth-order valence-corrected chi connectivity index (χ4v) is 6.21. The zero-order chi connectivity index (χ0) is 21.6. The van der Waals surface area contributed by atoms with Crippen LogP contribution >= 0.6 is 11.9 Å². The van der Waals surface area contributed by atoms with E-state index in [0.717, 1.165) is 47.6 Å². The van der Waals surface area contributed by atoms with Gasteiger partial charge in [-0.25, -0.2) is 17.7 Å². The molecule has 1 saturated carbocycles. The third kappa shape index (κ3) is 4.63. The SMILES string of the molecule is Cc1cc(N2CCOc3ccc(OC4CCN(SC5CC5)C4)cc32)cnc1S(C)(=O)=O. The van der Waals surface area contributed by atoms with Crippen molar-refractivity contribution in [2.24, 2.45) is 0 Å². The van der Waals surface area contributed by atoms with Crippen molar-refractivity contribution in [2.45, 2.75) is 42.6 Å². The van der Waals surface area contributed by atoms with Gasteiger partial charge in [-0.05, 0) is 49.9 Å². The number of ether oxygens (including phenoxy) is 2. The molecule has 1 unspecified atom stereocenters. The first-order chi connectivity index (χ1) is 14.9. The van der Waals surface area contributed by atoms with Crippen LogP contribution in [-0.4, -0.2) is 61.6 Å². The lowest BCUT2D eigenvalue weighted by Gasteiger charge is -2.32. The van der Waals surface area contributed by atoms with Crippen molar-refractivity contribution >= 4 is 33.2 Å². The molecule has 31 heavy (non-hydrogen) atoms. The largest absolute Gasteiger partial charge is 0.490 e. The van der Waals surface area contributed by atoms with E-state index in [0.29, 0.717) is 18.7 Å². The standard InChI is InChI=1S/C22H27N3O4S2/c1-15-11-16(13-23-22(15)31(2,26)27)25-9-10-28-21-6-3-17(12-20(21)25)29-18-7-8-24(14-18)30-19-4-5-19/h3,6,11-13,18-19H,4-5,7-10,14H2,1-2H3. The fraction of sp³-hybridized carbons (Fsp3) is 0.500. The van der Waals surface area contributed by atoms with E-state index in [1.807, 2.05) is 36.2 Å². The maximum atomic E-state index is 11.9. The number of pyridine rings is 1. The van der Waals surface area contributed by atoms with E-state index < -0.39 is 9.84 Å². The Labute approximate surface area is 187 Å². The van der Waals surface area contributed by atoms with E-state index in [1.165, 1.54) is 19.1 Å². The first kappa shape index (κ1) is 20.9. The molecule has 1 atom stereocenters. The first-order valence-electron chi connectivity index (χ1n) is 10.7. The van der Waals surface area contributed by atoms with Gasteiger partial charge in [0.15, 0.2) is 14.9 Å². The lowest BCUT2D eigenvalue weighted by molar-refractivity contribution is 0.216. The van der Waals surface area contributed by atoms with Crippen LogP contribution in [0.2, 0.25) is 0 Å². The Kier molecular flexibility index (Phi) is 5.52. The molecule has 9 heteroatoms. The predicted octanol–water partition coefficient (Wildman–Crippen LogP) is 3.59. The molecule has 3 aliphatic rings. The minimum absolute atomic E-state index is 0.122. The van der Waals surface area contributed by atoms with Crippen LogP contribution in [0.1, 0.15) is 24.8 Å². The molecule has 3 heterocycles. The summed E-state index contributed by atoms with van der Waals surface area (Å²) >= 11 is 1.99. The number of benzene rings is 1. The molecule has 2 aromatic rings. The number of fused-ring (bicyclic) bond motifs is 1. The van der Waals surface area contributed by atoms with E-state index in [-0.39, 0.29) is 11.1 Å². The van der Waals surface area contributed by atoms with Gasteiger partial charge in [0.05, 0.1) is 24.1 Å². The first-order valence-corrected chi connectivity index (χ1v) is 13.4. The zero-order valence-corrected chi connectivity index (χ0v) is 19.4. The molecule has 0 N–H and O–H groups in total. The van der Waals surface area contributed by atoms with Gasteiger partial charge < -0.3 is 14.4 Å². The van der Waals surface area contributed by atoms with Gasteiger partial charge in [0.25, 0.3) is 0 Å². The summed E-state index contributed by atoms with van der Waals surface area (Å²) < 4.78 is 38.4. The number of anilines is 2. The highest BCUT2D eigenvalue weighted by molar-refractivity contribution is 7.97. The second kappa shape index (κ2) is 8.18. The average Bonchev–Trinajstić information content (AvgIpc) is 3.43. The number of aromatic nitrogens is 1. The van der Waals surface area contributed by atoms with Crippen molar-refractivity contribution in [1.29, 1.82) is 0 Å². The minimum atomic E-state index is -3.35. The topological polar surface area (TPSA) is 72.0 Å². The summed E-state index contributed by atoms with van der Waals surface area (Å²) in [5, 5.41) is 0.941. The molecule has 2 fully saturated rings. The van der Waals surface area contributed by atoms with Crippen LogP contribution in [0.5, 0.6) is 11.5 Å². The molecule has 7 nitrogen and oxygen atoms in total. The normalized spacial score (nSPS) is 21.6. The Morgan fingerprint density at radius 1 is 1.19 bits per heavy atom. The molecule has 0 bridgehead atoms. The fourth-order valence-electron chi connectivity index (χ4n) is 4.09. The maximum Gasteiger partial charge on any atom is 0.193 e. The van der Waals surface area contributed by atoms with Gasteiger partial charge in [0, 0.05) is 30.7 Å². The highest BCUT2D eigenvalue weighted by Gasteiger charge is 2.31. The van der Waals surface area contributed by atoms with Crippen LogP contribution in [0, 0.1) is 6.92 Å². The summed E-state index contributed by atoms with van der Waals surface area (Å²) in [6.45, 7) is 5.01. The predicted molar refractivity (Wildman–Crippen MR) is 122 cm³/mol. The smallest absolute Gasteiger partial charge is 0.193 e. The van der Waals surface area contributed by atoms with Crippen LogP contribution in [0.25, 0.3) is 0 Å². The highest BCUT2D eigenvalue weighted by Crippen LogP contribution is 2.41. The van der Waals surface area contributed by atoms with E-state index in [1.54, 1.807) is 13.1 Å². The molecule has 1 aromatic carbocycles. The van der Waals surface area contributed by atoms with Gasteiger partial charge in [-0.1, -0.05) is 11.9 Å². The minimum Gasteiger partial charge on any atom is -0.490 e. The number of hydrogen-bond acceptors (Lipinski definition) is 8. The second-order valence-corrected chi connectivity index (χ2v) is 11.8. The lowest BCUT2D eigenvalue weighted by Crippen LogP contribution is -2.29. The third-order valence-corrected chi connectivity index (χ3v) is 8.23. The van der Waals surface area contributed by atoms with E-state index in [9.17, 15) is 8.42 Å². The van der Waals surface area contributed by atoms with Gasteiger partial charge in [-0.15, -0.1) is 0 Å². The Hall–Kier alpha value is -1.97. The summed E-state index contributed by atoms with van der Waals surface area (Å²) in [7, 11) is -3.35. The summed E-state index contributed by atoms with van der Waals surface area (Å²) in [5.41, 5.74) is 2.40. The number of nitrogens with zero attached hydrogens (tertiary/aromatic N) is 3. The van der Waals surface area contributed by atoms with E-state index in [2.05, 4.69) is 14.2 Å². The van der Waals surface area contributed by atoms with Crippen LogP contribution in [-0.2, 0) is 9.84 Å².